The van der Waals surface area contributed by atoms with Crippen molar-refractivity contribution in [1.29, 1.82) is 0 Å². The van der Waals surface area contributed by atoms with Crippen LogP contribution in [0, 0.1) is 16.7 Å². The third-order valence-corrected chi connectivity index (χ3v) is 9.03. The van der Waals surface area contributed by atoms with Gasteiger partial charge in [-0.2, -0.15) is 0 Å². The number of piperidine rings is 1. The molecule has 2 bridgehead atoms. The lowest BCUT2D eigenvalue weighted by Gasteiger charge is -2.39. The molecule has 1 aromatic heterocycles. The molecular formula is C27H37N5O. The van der Waals surface area contributed by atoms with Crippen molar-refractivity contribution in [2.75, 3.05) is 23.3 Å². The molecule has 2 aromatic rings. The van der Waals surface area contributed by atoms with E-state index in [1.165, 1.54) is 37.8 Å². The molecule has 2 aliphatic carbocycles. The van der Waals surface area contributed by atoms with Gasteiger partial charge in [0.1, 0.15) is 0 Å². The molecule has 33 heavy (non-hydrogen) atoms. The number of benzene rings is 1. The normalized spacial score (nSPS) is 28.0. The van der Waals surface area contributed by atoms with Crippen LogP contribution in [-0.4, -0.2) is 35.0 Å². The minimum Gasteiger partial charge on any atom is -0.372 e. The SMILES string of the molecule is CC1(C)C2CCC1(C)C(NC(=O)Cc1ccnc(Nc3ccc(N4CCCCC4)cc3)n1)C2. The van der Waals surface area contributed by atoms with Crippen LogP contribution in [0.1, 0.15) is 65.0 Å². The van der Waals surface area contributed by atoms with Gasteiger partial charge in [-0.15, -0.1) is 0 Å². The van der Waals surface area contributed by atoms with Crippen molar-refractivity contribution in [3.8, 4) is 0 Å². The van der Waals surface area contributed by atoms with Crippen molar-refractivity contribution >= 4 is 23.2 Å². The van der Waals surface area contributed by atoms with Crippen LogP contribution in [0.5, 0.6) is 0 Å². The van der Waals surface area contributed by atoms with Crippen molar-refractivity contribution in [2.24, 2.45) is 16.7 Å². The first kappa shape index (κ1) is 22.2. The quantitative estimate of drug-likeness (QED) is 0.646. The fourth-order valence-electron chi connectivity index (χ4n) is 6.42. The van der Waals surface area contributed by atoms with E-state index in [1.54, 1.807) is 6.20 Å². The van der Waals surface area contributed by atoms with Gasteiger partial charge in [-0.3, -0.25) is 4.79 Å². The number of hydrogen-bond donors (Lipinski definition) is 2. The van der Waals surface area contributed by atoms with Gasteiger partial charge in [0.25, 0.3) is 0 Å². The predicted molar refractivity (Wildman–Crippen MR) is 133 cm³/mol. The number of amides is 1. The molecule has 2 heterocycles. The fraction of sp³-hybridized carbons (Fsp3) is 0.593. The summed E-state index contributed by atoms with van der Waals surface area (Å²) in [6, 6.07) is 10.5. The first-order chi connectivity index (χ1) is 15.8. The first-order valence-electron chi connectivity index (χ1n) is 12.6. The van der Waals surface area contributed by atoms with Crippen LogP contribution in [0.15, 0.2) is 36.5 Å². The Hall–Kier alpha value is -2.63. The van der Waals surface area contributed by atoms with E-state index < -0.39 is 0 Å². The van der Waals surface area contributed by atoms with E-state index in [-0.39, 0.29) is 23.8 Å². The maximum atomic E-state index is 12.9. The van der Waals surface area contributed by atoms with E-state index in [4.69, 9.17) is 0 Å². The predicted octanol–water partition coefficient (Wildman–Crippen LogP) is 5.08. The summed E-state index contributed by atoms with van der Waals surface area (Å²) in [5.74, 6) is 1.29. The summed E-state index contributed by atoms with van der Waals surface area (Å²) < 4.78 is 0. The number of carbonyl (C=O) groups excluding carboxylic acids is 1. The minimum absolute atomic E-state index is 0.0557. The molecule has 3 atom stereocenters. The summed E-state index contributed by atoms with van der Waals surface area (Å²) in [4.78, 5) is 24.3. The van der Waals surface area contributed by atoms with Gasteiger partial charge in [-0.05, 0) is 85.6 Å². The second-order valence-corrected chi connectivity index (χ2v) is 11.0. The van der Waals surface area contributed by atoms with Gasteiger partial charge < -0.3 is 15.5 Å². The molecule has 1 amide bonds. The Balaban J connectivity index is 1.19. The molecular weight excluding hydrogens is 410 g/mol. The second-order valence-electron chi connectivity index (χ2n) is 11.0. The molecule has 3 aliphatic rings. The molecule has 3 fully saturated rings. The van der Waals surface area contributed by atoms with Crippen molar-refractivity contribution in [3.63, 3.8) is 0 Å². The van der Waals surface area contributed by atoms with Gasteiger partial charge >= 0.3 is 0 Å². The first-order valence-corrected chi connectivity index (χ1v) is 12.6. The standard InChI is InChI=1S/C27H37N5O/c1-26(2)19-11-13-27(26,3)23(17-19)31-24(33)18-21-12-14-28-25(30-21)29-20-7-9-22(10-8-20)32-15-5-4-6-16-32/h7-10,12,14,19,23H,4-6,11,13,15-18H2,1-3H3,(H,31,33)(H,28,29,30). The zero-order chi connectivity index (χ0) is 23.1. The van der Waals surface area contributed by atoms with Crippen molar-refractivity contribution < 1.29 is 4.79 Å². The van der Waals surface area contributed by atoms with E-state index in [9.17, 15) is 4.79 Å². The summed E-state index contributed by atoms with van der Waals surface area (Å²) in [7, 11) is 0. The van der Waals surface area contributed by atoms with E-state index in [0.29, 0.717) is 17.3 Å². The molecule has 0 radical (unpaired) electrons. The lowest BCUT2D eigenvalue weighted by atomic mass is 9.69. The zero-order valence-corrected chi connectivity index (χ0v) is 20.2. The highest BCUT2D eigenvalue weighted by Crippen LogP contribution is 2.65. The van der Waals surface area contributed by atoms with Crippen LogP contribution < -0.4 is 15.5 Å². The summed E-state index contributed by atoms with van der Waals surface area (Å²) in [6.45, 7) is 9.38. The van der Waals surface area contributed by atoms with Crippen molar-refractivity contribution in [1.82, 2.24) is 15.3 Å². The summed E-state index contributed by atoms with van der Waals surface area (Å²) in [5, 5.41) is 6.62. The number of hydrogen-bond acceptors (Lipinski definition) is 5. The summed E-state index contributed by atoms with van der Waals surface area (Å²) in [6.07, 6.45) is 9.47. The van der Waals surface area contributed by atoms with Gasteiger partial charge in [0.15, 0.2) is 0 Å². The monoisotopic (exact) mass is 447 g/mol. The molecule has 1 aromatic carbocycles. The van der Waals surface area contributed by atoms with Crippen LogP contribution in [0.3, 0.4) is 0 Å². The molecule has 0 spiro atoms. The number of aromatic nitrogens is 2. The van der Waals surface area contributed by atoms with E-state index in [1.807, 2.05) is 6.07 Å². The highest BCUT2D eigenvalue weighted by Gasteiger charge is 2.61. The van der Waals surface area contributed by atoms with Crippen LogP contribution in [0.2, 0.25) is 0 Å². The molecule has 2 saturated carbocycles. The molecule has 176 valence electrons. The fourth-order valence-corrected chi connectivity index (χ4v) is 6.42. The van der Waals surface area contributed by atoms with Crippen molar-refractivity contribution in [3.05, 3.63) is 42.2 Å². The molecule has 1 aliphatic heterocycles. The topological polar surface area (TPSA) is 70.2 Å². The maximum absolute atomic E-state index is 12.9. The zero-order valence-electron chi connectivity index (χ0n) is 20.2. The van der Waals surface area contributed by atoms with Crippen LogP contribution in [0.25, 0.3) is 0 Å². The molecule has 2 N–H and O–H groups in total. The molecule has 5 rings (SSSR count). The number of anilines is 3. The molecule has 3 unspecified atom stereocenters. The Kier molecular flexibility index (Phi) is 5.79. The molecule has 6 nitrogen and oxygen atoms in total. The summed E-state index contributed by atoms with van der Waals surface area (Å²) in [5.41, 5.74) is 3.44. The van der Waals surface area contributed by atoms with Crippen LogP contribution in [0.4, 0.5) is 17.3 Å². The smallest absolute Gasteiger partial charge is 0.227 e. The Morgan fingerprint density at radius 2 is 1.85 bits per heavy atom. The third kappa shape index (κ3) is 4.20. The Bertz CT molecular complexity index is 998. The number of carbonyl (C=O) groups is 1. The summed E-state index contributed by atoms with van der Waals surface area (Å²) >= 11 is 0. The number of rotatable bonds is 6. The van der Waals surface area contributed by atoms with Crippen LogP contribution >= 0.6 is 0 Å². The van der Waals surface area contributed by atoms with E-state index >= 15 is 0 Å². The van der Waals surface area contributed by atoms with Gasteiger partial charge in [-0.1, -0.05) is 20.8 Å². The Morgan fingerprint density at radius 1 is 1.09 bits per heavy atom. The Labute approximate surface area is 197 Å². The van der Waals surface area contributed by atoms with Gasteiger partial charge in [0.2, 0.25) is 11.9 Å². The van der Waals surface area contributed by atoms with Crippen LogP contribution in [-0.2, 0) is 11.2 Å². The number of nitrogens with one attached hydrogen (secondary N) is 2. The number of fused-ring (bicyclic) bond motifs is 2. The second kappa shape index (κ2) is 8.62. The maximum Gasteiger partial charge on any atom is 0.227 e. The lowest BCUT2D eigenvalue weighted by molar-refractivity contribution is -0.122. The third-order valence-electron chi connectivity index (χ3n) is 9.03. The van der Waals surface area contributed by atoms with Crippen molar-refractivity contribution in [2.45, 2.75) is 71.8 Å². The lowest BCUT2D eigenvalue weighted by Crippen LogP contribution is -2.47. The Morgan fingerprint density at radius 3 is 2.52 bits per heavy atom. The molecule has 1 saturated heterocycles. The highest BCUT2D eigenvalue weighted by atomic mass is 16.1. The van der Waals surface area contributed by atoms with E-state index in [0.717, 1.165) is 30.9 Å². The van der Waals surface area contributed by atoms with E-state index in [2.05, 4.69) is 70.5 Å². The average molecular weight is 448 g/mol. The minimum atomic E-state index is 0.0557. The average Bonchev–Trinajstić information content (AvgIpc) is 3.14. The van der Waals surface area contributed by atoms with Gasteiger partial charge in [0, 0.05) is 36.7 Å². The van der Waals surface area contributed by atoms with Gasteiger partial charge in [-0.25, -0.2) is 9.97 Å². The van der Waals surface area contributed by atoms with Gasteiger partial charge in [0.05, 0.1) is 12.1 Å². The number of nitrogens with zero attached hydrogens (tertiary/aromatic N) is 3. The highest BCUT2D eigenvalue weighted by molar-refractivity contribution is 5.78. The largest absolute Gasteiger partial charge is 0.372 e. The molecule has 6 heteroatoms.